The van der Waals surface area contributed by atoms with Gasteiger partial charge in [-0.3, -0.25) is 9.59 Å². The van der Waals surface area contributed by atoms with Crippen molar-refractivity contribution in [1.82, 2.24) is 10.2 Å². The van der Waals surface area contributed by atoms with E-state index in [0.29, 0.717) is 17.9 Å². The Morgan fingerprint density at radius 1 is 1.26 bits per heavy atom. The van der Waals surface area contributed by atoms with Gasteiger partial charge in [-0.1, -0.05) is 0 Å². The summed E-state index contributed by atoms with van der Waals surface area (Å²) in [4.78, 5) is 25.6. The third-order valence-corrected chi connectivity index (χ3v) is 3.12. The van der Waals surface area contributed by atoms with E-state index in [1.165, 1.54) is 4.90 Å². The van der Waals surface area contributed by atoms with Gasteiger partial charge in [-0.2, -0.15) is 5.26 Å². The molecule has 0 radical (unpaired) electrons. The number of benzene rings is 1. The number of carbonyl (C=O) groups is 2. The summed E-state index contributed by atoms with van der Waals surface area (Å²) in [6.45, 7) is 7.62. The highest BCUT2D eigenvalue weighted by Gasteiger charge is 2.23. The number of amides is 2. The Labute approximate surface area is 137 Å². The molecule has 0 saturated heterocycles. The minimum atomic E-state index is -0.713. The SMILES string of the molecule is CCN(CC(=O)NC(C)C)C(=O)C(C)Oc1ccc(C#N)cc1. The third-order valence-electron chi connectivity index (χ3n) is 3.12. The number of hydrogen-bond acceptors (Lipinski definition) is 4. The maximum Gasteiger partial charge on any atom is 0.263 e. The first-order chi connectivity index (χ1) is 10.9. The molecule has 0 aliphatic carbocycles. The van der Waals surface area contributed by atoms with Gasteiger partial charge in [0.15, 0.2) is 6.10 Å². The number of ether oxygens (including phenoxy) is 1. The molecule has 0 fully saturated rings. The maximum absolute atomic E-state index is 12.4. The van der Waals surface area contributed by atoms with Crippen molar-refractivity contribution in [3.8, 4) is 11.8 Å². The van der Waals surface area contributed by atoms with E-state index in [9.17, 15) is 9.59 Å². The van der Waals surface area contributed by atoms with Crippen molar-refractivity contribution in [3.05, 3.63) is 29.8 Å². The van der Waals surface area contributed by atoms with Crippen molar-refractivity contribution in [1.29, 1.82) is 5.26 Å². The van der Waals surface area contributed by atoms with E-state index in [2.05, 4.69) is 5.32 Å². The van der Waals surface area contributed by atoms with Crippen LogP contribution in [0.1, 0.15) is 33.3 Å². The van der Waals surface area contributed by atoms with E-state index < -0.39 is 6.10 Å². The van der Waals surface area contributed by atoms with Crippen LogP contribution in [0.4, 0.5) is 0 Å². The Hall–Kier alpha value is -2.55. The Morgan fingerprint density at radius 2 is 1.87 bits per heavy atom. The van der Waals surface area contributed by atoms with Crippen molar-refractivity contribution in [3.63, 3.8) is 0 Å². The molecule has 0 aliphatic rings. The highest BCUT2D eigenvalue weighted by Crippen LogP contribution is 2.14. The molecular formula is C17H23N3O3. The van der Waals surface area contributed by atoms with Crippen LogP contribution in [0.2, 0.25) is 0 Å². The predicted octanol–water partition coefficient (Wildman–Crippen LogP) is 1.70. The van der Waals surface area contributed by atoms with Crippen molar-refractivity contribution in [2.45, 2.75) is 39.8 Å². The minimum Gasteiger partial charge on any atom is -0.481 e. The zero-order chi connectivity index (χ0) is 17.4. The molecule has 0 aromatic heterocycles. The Morgan fingerprint density at radius 3 is 2.35 bits per heavy atom. The Balaban J connectivity index is 2.65. The van der Waals surface area contributed by atoms with Gasteiger partial charge in [0.05, 0.1) is 18.2 Å². The van der Waals surface area contributed by atoms with Crippen LogP contribution in [-0.4, -0.2) is 41.9 Å². The number of nitriles is 1. The lowest BCUT2D eigenvalue weighted by atomic mass is 10.2. The van der Waals surface area contributed by atoms with E-state index in [0.717, 1.165) is 0 Å². The summed E-state index contributed by atoms with van der Waals surface area (Å²) in [7, 11) is 0. The molecule has 23 heavy (non-hydrogen) atoms. The molecule has 1 rings (SSSR count). The van der Waals surface area contributed by atoms with E-state index in [4.69, 9.17) is 10.00 Å². The average molecular weight is 317 g/mol. The zero-order valence-corrected chi connectivity index (χ0v) is 14.0. The van der Waals surface area contributed by atoms with Crippen LogP contribution in [0, 0.1) is 11.3 Å². The average Bonchev–Trinajstić information content (AvgIpc) is 2.51. The lowest BCUT2D eigenvalue weighted by Crippen LogP contribution is -2.46. The first kappa shape index (κ1) is 18.5. The van der Waals surface area contributed by atoms with Crippen molar-refractivity contribution >= 4 is 11.8 Å². The first-order valence-electron chi connectivity index (χ1n) is 7.62. The summed E-state index contributed by atoms with van der Waals surface area (Å²) in [6.07, 6.45) is -0.713. The van der Waals surface area contributed by atoms with Gasteiger partial charge in [0.1, 0.15) is 5.75 Å². The number of rotatable bonds is 7. The van der Waals surface area contributed by atoms with Gasteiger partial charge in [-0.15, -0.1) is 0 Å². The molecule has 0 aliphatic heterocycles. The van der Waals surface area contributed by atoms with Crippen LogP contribution >= 0.6 is 0 Å². The summed E-state index contributed by atoms with van der Waals surface area (Å²) >= 11 is 0. The molecule has 0 spiro atoms. The summed E-state index contributed by atoms with van der Waals surface area (Å²) in [5.74, 6) is 0.0593. The number of likely N-dealkylation sites (N-methyl/N-ethyl adjacent to an activating group) is 1. The van der Waals surface area contributed by atoms with E-state index in [1.807, 2.05) is 26.8 Å². The van der Waals surface area contributed by atoms with Crippen molar-refractivity contribution in [2.24, 2.45) is 0 Å². The van der Waals surface area contributed by atoms with Crippen LogP contribution in [0.15, 0.2) is 24.3 Å². The zero-order valence-electron chi connectivity index (χ0n) is 14.0. The van der Waals surface area contributed by atoms with Crippen LogP contribution in [0.3, 0.4) is 0 Å². The number of carbonyl (C=O) groups excluding carboxylic acids is 2. The second-order valence-electron chi connectivity index (χ2n) is 5.47. The molecule has 1 unspecified atom stereocenters. The highest BCUT2D eigenvalue weighted by atomic mass is 16.5. The predicted molar refractivity (Wildman–Crippen MR) is 86.8 cm³/mol. The maximum atomic E-state index is 12.4. The van der Waals surface area contributed by atoms with Crippen LogP contribution < -0.4 is 10.1 Å². The van der Waals surface area contributed by atoms with Crippen LogP contribution in [-0.2, 0) is 9.59 Å². The first-order valence-corrected chi connectivity index (χ1v) is 7.62. The number of hydrogen-bond donors (Lipinski definition) is 1. The minimum absolute atomic E-state index is 0.00852. The molecule has 6 heteroatoms. The second kappa shape index (κ2) is 8.79. The normalized spacial score (nSPS) is 11.5. The third kappa shape index (κ3) is 5.99. The van der Waals surface area contributed by atoms with Gasteiger partial charge in [0.2, 0.25) is 5.91 Å². The molecule has 1 N–H and O–H groups in total. The topological polar surface area (TPSA) is 82.4 Å². The fraction of sp³-hybridized carbons (Fsp3) is 0.471. The molecule has 1 atom stereocenters. The summed E-state index contributed by atoms with van der Waals surface area (Å²) in [5.41, 5.74) is 0.525. The number of nitrogens with one attached hydrogen (secondary N) is 1. The van der Waals surface area contributed by atoms with Crippen LogP contribution in [0.5, 0.6) is 5.75 Å². The molecule has 0 bridgehead atoms. The monoisotopic (exact) mass is 317 g/mol. The van der Waals surface area contributed by atoms with Gasteiger partial charge >= 0.3 is 0 Å². The summed E-state index contributed by atoms with van der Waals surface area (Å²) in [5, 5.41) is 11.5. The smallest absolute Gasteiger partial charge is 0.263 e. The molecule has 124 valence electrons. The van der Waals surface area contributed by atoms with E-state index >= 15 is 0 Å². The van der Waals surface area contributed by atoms with Gasteiger partial charge in [-0.25, -0.2) is 0 Å². The fourth-order valence-electron chi connectivity index (χ4n) is 2.01. The summed E-state index contributed by atoms with van der Waals surface area (Å²) < 4.78 is 5.59. The molecule has 6 nitrogen and oxygen atoms in total. The Kier molecular flexibility index (Phi) is 7.07. The molecule has 1 aromatic carbocycles. The lowest BCUT2D eigenvalue weighted by molar-refractivity contribution is -0.141. The van der Waals surface area contributed by atoms with E-state index in [-0.39, 0.29) is 24.4 Å². The molecule has 0 heterocycles. The van der Waals surface area contributed by atoms with Gasteiger partial charge in [0.25, 0.3) is 5.91 Å². The van der Waals surface area contributed by atoms with Gasteiger partial charge in [0, 0.05) is 12.6 Å². The fourth-order valence-corrected chi connectivity index (χ4v) is 2.01. The van der Waals surface area contributed by atoms with Crippen molar-refractivity contribution < 1.29 is 14.3 Å². The standard InChI is InChI=1S/C17H23N3O3/c1-5-20(11-16(21)19-12(2)3)17(22)13(4)23-15-8-6-14(10-18)7-9-15/h6-9,12-13H,5,11H2,1-4H3,(H,19,21). The molecule has 1 aromatic rings. The highest BCUT2D eigenvalue weighted by molar-refractivity contribution is 5.87. The van der Waals surface area contributed by atoms with Gasteiger partial charge < -0.3 is 15.0 Å². The molecule has 0 saturated carbocycles. The molecule has 2 amide bonds. The summed E-state index contributed by atoms with van der Waals surface area (Å²) in [6, 6.07) is 8.59. The van der Waals surface area contributed by atoms with Crippen molar-refractivity contribution in [2.75, 3.05) is 13.1 Å². The largest absolute Gasteiger partial charge is 0.481 e. The van der Waals surface area contributed by atoms with Crippen LogP contribution in [0.25, 0.3) is 0 Å². The molecular weight excluding hydrogens is 294 g/mol. The Bertz CT molecular complexity index is 576. The van der Waals surface area contributed by atoms with E-state index in [1.54, 1.807) is 31.2 Å². The quantitative estimate of drug-likeness (QED) is 0.830. The lowest BCUT2D eigenvalue weighted by Gasteiger charge is -2.24. The second-order valence-corrected chi connectivity index (χ2v) is 5.47. The number of nitrogens with zero attached hydrogens (tertiary/aromatic N) is 2. The van der Waals surface area contributed by atoms with Gasteiger partial charge in [-0.05, 0) is 52.0 Å².